The summed E-state index contributed by atoms with van der Waals surface area (Å²) in [4.78, 5) is 16.1. The molecule has 6 nitrogen and oxygen atoms in total. The van der Waals surface area contributed by atoms with E-state index in [9.17, 15) is 13.2 Å². The third-order valence-electron chi connectivity index (χ3n) is 5.23. The van der Waals surface area contributed by atoms with Gasteiger partial charge in [-0.2, -0.15) is 4.31 Å². The van der Waals surface area contributed by atoms with E-state index in [0.29, 0.717) is 25.8 Å². The third-order valence-corrected chi connectivity index (χ3v) is 8.08. The number of likely N-dealkylation sites (tertiary alicyclic amines) is 1. The highest BCUT2D eigenvalue weighted by atomic mass is 32.2. The maximum absolute atomic E-state index is 12.8. The molecule has 4 rings (SSSR count). The molecule has 0 amide bonds. The fourth-order valence-electron chi connectivity index (χ4n) is 3.84. The molecule has 0 saturated carbocycles. The molecule has 26 heavy (non-hydrogen) atoms. The lowest BCUT2D eigenvalue weighted by Gasteiger charge is -2.25. The number of hydrogen-bond acceptors (Lipinski definition) is 5. The van der Waals surface area contributed by atoms with Gasteiger partial charge in [0.1, 0.15) is 0 Å². The Kier molecular flexibility index (Phi) is 5.00. The van der Waals surface area contributed by atoms with Crippen LogP contribution in [0.3, 0.4) is 0 Å². The quantitative estimate of drug-likeness (QED) is 0.783. The minimum absolute atomic E-state index is 0.165. The second-order valence-corrected chi connectivity index (χ2v) is 9.83. The predicted molar refractivity (Wildman–Crippen MR) is 102 cm³/mol. The van der Waals surface area contributed by atoms with Crippen molar-refractivity contribution >= 4 is 21.4 Å². The molecule has 2 aliphatic heterocycles. The molecule has 0 bridgehead atoms. The molecule has 2 fully saturated rings. The Morgan fingerprint density at radius 2 is 1.88 bits per heavy atom. The van der Waals surface area contributed by atoms with Crippen LogP contribution in [0.25, 0.3) is 0 Å². The molecule has 2 aliphatic rings. The summed E-state index contributed by atoms with van der Waals surface area (Å²) in [5.74, 6) is 0. The van der Waals surface area contributed by atoms with Crippen molar-refractivity contribution in [1.82, 2.24) is 13.8 Å². The molecule has 2 aromatic heterocycles. The fraction of sp³-hybridized carbons (Fsp3) is 0.500. The highest BCUT2D eigenvalue weighted by Gasteiger charge is 2.29. The van der Waals surface area contributed by atoms with Crippen molar-refractivity contribution in [2.75, 3.05) is 19.6 Å². The Hall–Kier alpha value is -1.48. The van der Waals surface area contributed by atoms with Crippen LogP contribution in [0, 0.1) is 0 Å². The molecule has 0 spiro atoms. The van der Waals surface area contributed by atoms with Crippen LogP contribution in [0.1, 0.15) is 36.6 Å². The van der Waals surface area contributed by atoms with Crippen LogP contribution in [0.4, 0.5) is 0 Å². The van der Waals surface area contributed by atoms with Crippen molar-refractivity contribution in [3.63, 3.8) is 0 Å². The van der Waals surface area contributed by atoms with Gasteiger partial charge >= 0.3 is 0 Å². The molecular formula is C18H23N3O3S2. The van der Waals surface area contributed by atoms with E-state index in [1.807, 2.05) is 6.07 Å². The summed E-state index contributed by atoms with van der Waals surface area (Å²) in [7, 11) is -3.51. The molecule has 1 unspecified atom stereocenters. The van der Waals surface area contributed by atoms with Gasteiger partial charge in [0.15, 0.2) is 0 Å². The smallest absolute Gasteiger partial charge is 0.251 e. The van der Waals surface area contributed by atoms with Gasteiger partial charge in [0.2, 0.25) is 10.0 Å². The van der Waals surface area contributed by atoms with E-state index in [2.05, 4.69) is 16.3 Å². The largest absolute Gasteiger partial charge is 0.301 e. The van der Waals surface area contributed by atoms with E-state index in [0.717, 1.165) is 32.2 Å². The van der Waals surface area contributed by atoms with Crippen LogP contribution in [0.5, 0.6) is 0 Å². The number of aromatic nitrogens is 1. The van der Waals surface area contributed by atoms with E-state index in [-0.39, 0.29) is 10.5 Å². The molecule has 0 aliphatic carbocycles. The van der Waals surface area contributed by atoms with Crippen molar-refractivity contribution in [3.8, 4) is 0 Å². The fourth-order valence-corrected chi connectivity index (χ4v) is 6.28. The van der Waals surface area contributed by atoms with Crippen molar-refractivity contribution in [3.05, 3.63) is 51.1 Å². The highest BCUT2D eigenvalue weighted by Crippen LogP contribution is 2.34. The van der Waals surface area contributed by atoms with E-state index in [1.165, 1.54) is 32.1 Å². The minimum atomic E-state index is -3.51. The first-order valence-corrected chi connectivity index (χ1v) is 11.4. The standard InChI is InChI=1S/C18H23N3O3S2/c22-18-8-7-15(26(23,24)21-10-1-2-11-21)13-20(18)14-19-9-3-5-16(19)17-6-4-12-25-17/h4,6-8,12-13,16H,1-3,5,9-11,14H2. The molecule has 2 aromatic rings. The van der Waals surface area contributed by atoms with E-state index < -0.39 is 10.0 Å². The number of sulfonamides is 1. The summed E-state index contributed by atoms with van der Waals surface area (Å²) >= 11 is 1.73. The normalized spacial score (nSPS) is 22.2. The van der Waals surface area contributed by atoms with Crippen LogP contribution < -0.4 is 5.56 Å². The molecule has 1 atom stereocenters. The molecule has 8 heteroatoms. The third kappa shape index (κ3) is 3.38. The van der Waals surface area contributed by atoms with Gasteiger partial charge in [-0.1, -0.05) is 6.07 Å². The number of rotatable bonds is 5. The predicted octanol–water partition coefficient (Wildman–Crippen LogP) is 2.49. The summed E-state index contributed by atoms with van der Waals surface area (Å²) < 4.78 is 28.6. The number of nitrogens with zero attached hydrogens (tertiary/aromatic N) is 3. The van der Waals surface area contributed by atoms with Gasteiger partial charge in [-0.25, -0.2) is 8.42 Å². The first kappa shape index (κ1) is 17.9. The zero-order valence-corrected chi connectivity index (χ0v) is 16.2. The van der Waals surface area contributed by atoms with E-state index in [4.69, 9.17) is 0 Å². The van der Waals surface area contributed by atoms with Gasteiger partial charge in [-0.05, 0) is 43.2 Å². The van der Waals surface area contributed by atoms with Gasteiger partial charge in [-0.3, -0.25) is 9.69 Å². The first-order valence-electron chi connectivity index (χ1n) is 9.04. The van der Waals surface area contributed by atoms with Gasteiger partial charge < -0.3 is 4.57 Å². The SMILES string of the molecule is O=c1ccc(S(=O)(=O)N2CCCC2)cn1CN1CCCC1c1cccs1. The van der Waals surface area contributed by atoms with Gasteiger partial charge in [0, 0.05) is 42.8 Å². The maximum atomic E-state index is 12.8. The van der Waals surface area contributed by atoms with Crippen LogP contribution in [-0.2, 0) is 16.7 Å². The topological polar surface area (TPSA) is 62.6 Å². The Balaban J connectivity index is 1.60. The lowest BCUT2D eigenvalue weighted by Crippen LogP contribution is -2.33. The van der Waals surface area contributed by atoms with Gasteiger partial charge in [0.05, 0.1) is 11.6 Å². The molecule has 0 radical (unpaired) electrons. The highest BCUT2D eigenvalue weighted by molar-refractivity contribution is 7.89. The summed E-state index contributed by atoms with van der Waals surface area (Å²) in [6.45, 7) is 2.46. The van der Waals surface area contributed by atoms with E-state index >= 15 is 0 Å². The van der Waals surface area contributed by atoms with Gasteiger partial charge in [-0.15, -0.1) is 11.3 Å². The molecule has 0 N–H and O–H groups in total. The molecule has 2 saturated heterocycles. The summed E-state index contributed by atoms with van der Waals surface area (Å²) in [5, 5.41) is 2.07. The zero-order chi connectivity index (χ0) is 18.1. The number of thiophene rings is 1. The van der Waals surface area contributed by atoms with Crippen LogP contribution in [0.15, 0.2) is 45.5 Å². The lowest BCUT2D eigenvalue weighted by molar-refractivity contribution is 0.201. The second kappa shape index (κ2) is 7.26. The average molecular weight is 394 g/mol. The first-order chi connectivity index (χ1) is 12.6. The van der Waals surface area contributed by atoms with Crippen molar-refractivity contribution in [1.29, 1.82) is 0 Å². The Morgan fingerprint density at radius 1 is 1.08 bits per heavy atom. The van der Waals surface area contributed by atoms with Crippen molar-refractivity contribution in [2.45, 2.75) is 43.3 Å². The number of pyridine rings is 1. The summed E-state index contributed by atoms with van der Waals surface area (Å²) in [6.07, 6.45) is 5.47. The second-order valence-electron chi connectivity index (χ2n) is 6.91. The lowest BCUT2D eigenvalue weighted by atomic mass is 10.2. The average Bonchev–Trinajstić information content (AvgIpc) is 3.39. The van der Waals surface area contributed by atoms with E-state index in [1.54, 1.807) is 11.3 Å². The minimum Gasteiger partial charge on any atom is -0.301 e. The Morgan fingerprint density at radius 3 is 2.62 bits per heavy atom. The Bertz CT molecular complexity index is 915. The van der Waals surface area contributed by atoms with Crippen molar-refractivity contribution < 1.29 is 8.42 Å². The molecular weight excluding hydrogens is 370 g/mol. The van der Waals surface area contributed by atoms with Crippen LogP contribution in [0.2, 0.25) is 0 Å². The van der Waals surface area contributed by atoms with Crippen LogP contribution in [-0.4, -0.2) is 41.8 Å². The molecule has 140 valence electrons. The maximum Gasteiger partial charge on any atom is 0.251 e. The van der Waals surface area contributed by atoms with Crippen LogP contribution >= 0.6 is 11.3 Å². The summed E-state index contributed by atoms with van der Waals surface area (Å²) in [5.41, 5.74) is -0.165. The molecule has 4 heterocycles. The van der Waals surface area contributed by atoms with Gasteiger partial charge in [0.25, 0.3) is 5.56 Å². The van der Waals surface area contributed by atoms with Crippen molar-refractivity contribution in [2.24, 2.45) is 0 Å². The Labute approximate surface area is 157 Å². The molecule has 0 aromatic carbocycles. The summed E-state index contributed by atoms with van der Waals surface area (Å²) in [6, 6.07) is 7.30. The monoisotopic (exact) mass is 393 g/mol. The number of hydrogen-bond donors (Lipinski definition) is 0. The zero-order valence-electron chi connectivity index (χ0n) is 14.6.